The number of nitrogens with two attached hydrogens (primary N) is 1. The van der Waals surface area contributed by atoms with Gasteiger partial charge >= 0.3 is 0 Å². The minimum absolute atomic E-state index is 0.528. The minimum atomic E-state index is 0.528. The van der Waals surface area contributed by atoms with E-state index in [2.05, 4.69) is 55.0 Å². The van der Waals surface area contributed by atoms with E-state index in [-0.39, 0.29) is 0 Å². The molecule has 100 valence electrons. The van der Waals surface area contributed by atoms with Crippen molar-refractivity contribution in [2.75, 3.05) is 36.5 Å². The number of nitrogens with one attached hydrogen (secondary N) is 1. The molecular formula is C11H19BrN6. The van der Waals surface area contributed by atoms with Gasteiger partial charge in [0.2, 0.25) is 0 Å². The molecule has 1 aromatic rings. The number of nitrogens with zero attached hydrogens (tertiary/aromatic N) is 4. The zero-order valence-electron chi connectivity index (χ0n) is 10.7. The number of anilines is 2. The standard InChI is InChI=1S/C11H19BrN6/c1-3-17-4-5-18(6-8(17)2)11-9(12)10(16-13)14-7-15-11/h7-8H,3-6,13H2,1-2H3,(H,14,15,16). The molecule has 0 radical (unpaired) electrons. The Hall–Kier alpha value is -0.920. The highest BCUT2D eigenvalue weighted by Gasteiger charge is 2.25. The van der Waals surface area contributed by atoms with Crippen molar-refractivity contribution in [3.63, 3.8) is 0 Å². The molecule has 1 aromatic heterocycles. The summed E-state index contributed by atoms with van der Waals surface area (Å²) in [6.45, 7) is 8.52. The smallest absolute Gasteiger partial charge is 0.159 e. The average molecular weight is 315 g/mol. The summed E-state index contributed by atoms with van der Waals surface area (Å²) in [4.78, 5) is 13.2. The third-order valence-electron chi connectivity index (χ3n) is 3.38. The van der Waals surface area contributed by atoms with E-state index in [1.54, 1.807) is 0 Å². The number of hydrogen-bond acceptors (Lipinski definition) is 6. The Morgan fingerprint density at radius 1 is 1.50 bits per heavy atom. The molecule has 0 aliphatic carbocycles. The van der Waals surface area contributed by atoms with E-state index in [0.29, 0.717) is 11.9 Å². The molecule has 7 heteroatoms. The lowest BCUT2D eigenvalue weighted by Crippen LogP contribution is -2.52. The quantitative estimate of drug-likeness (QED) is 0.642. The second kappa shape index (κ2) is 5.81. The minimum Gasteiger partial charge on any atom is -0.353 e. The van der Waals surface area contributed by atoms with Gasteiger partial charge in [0.1, 0.15) is 16.6 Å². The summed E-state index contributed by atoms with van der Waals surface area (Å²) in [5, 5.41) is 0. The van der Waals surface area contributed by atoms with Crippen molar-refractivity contribution >= 4 is 27.6 Å². The normalized spacial score (nSPS) is 21.1. The summed E-state index contributed by atoms with van der Waals surface area (Å²) in [6.07, 6.45) is 1.53. The first-order chi connectivity index (χ1) is 8.67. The molecule has 2 rings (SSSR count). The Balaban J connectivity index is 2.18. The summed E-state index contributed by atoms with van der Waals surface area (Å²) >= 11 is 3.51. The Bertz CT molecular complexity index is 413. The number of halogens is 1. The Morgan fingerprint density at radius 2 is 2.28 bits per heavy atom. The molecule has 2 heterocycles. The van der Waals surface area contributed by atoms with Crippen molar-refractivity contribution in [1.82, 2.24) is 14.9 Å². The van der Waals surface area contributed by atoms with Gasteiger partial charge in [-0.3, -0.25) is 4.90 Å². The van der Waals surface area contributed by atoms with Crippen molar-refractivity contribution in [1.29, 1.82) is 0 Å². The Labute approximate surface area is 116 Å². The largest absolute Gasteiger partial charge is 0.353 e. The van der Waals surface area contributed by atoms with E-state index in [0.717, 1.165) is 36.5 Å². The van der Waals surface area contributed by atoms with Gasteiger partial charge in [0.25, 0.3) is 0 Å². The van der Waals surface area contributed by atoms with Crippen LogP contribution in [-0.2, 0) is 0 Å². The highest BCUT2D eigenvalue weighted by Crippen LogP contribution is 2.30. The first-order valence-corrected chi connectivity index (χ1v) is 6.92. The van der Waals surface area contributed by atoms with Crippen molar-refractivity contribution < 1.29 is 0 Å². The van der Waals surface area contributed by atoms with Crippen LogP contribution in [0.3, 0.4) is 0 Å². The molecule has 0 aromatic carbocycles. The summed E-state index contributed by atoms with van der Waals surface area (Å²) in [5.41, 5.74) is 2.57. The number of hydrogen-bond donors (Lipinski definition) is 2. The summed E-state index contributed by atoms with van der Waals surface area (Å²) in [7, 11) is 0. The number of piperazine rings is 1. The van der Waals surface area contributed by atoms with E-state index in [1.807, 2.05) is 0 Å². The second-order valence-corrected chi connectivity index (χ2v) is 5.22. The summed E-state index contributed by atoms with van der Waals surface area (Å²) in [5.74, 6) is 6.94. The van der Waals surface area contributed by atoms with Crippen LogP contribution >= 0.6 is 15.9 Å². The van der Waals surface area contributed by atoms with E-state index >= 15 is 0 Å². The second-order valence-electron chi connectivity index (χ2n) is 4.43. The van der Waals surface area contributed by atoms with Crippen LogP contribution in [0, 0.1) is 0 Å². The van der Waals surface area contributed by atoms with E-state index in [4.69, 9.17) is 5.84 Å². The molecule has 0 bridgehead atoms. The van der Waals surface area contributed by atoms with E-state index in [1.165, 1.54) is 6.33 Å². The molecular weight excluding hydrogens is 296 g/mol. The molecule has 1 fully saturated rings. The maximum absolute atomic E-state index is 5.42. The maximum atomic E-state index is 5.42. The lowest BCUT2D eigenvalue weighted by molar-refractivity contribution is 0.199. The Morgan fingerprint density at radius 3 is 2.89 bits per heavy atom. The average Bonchev–Trinajstić information content (AvgIpc) is 2.39. The molecule has 1 unspecified atom stereocenters. The predicted octanol–water partition coefficient (Wildman–Crippen LogP) is 1.06. The van der Waals surface area contributed by atoms with Gasteiger partial charge in [0.15, 0.2) is 5.82 Å². The molecule has 0 spiro atoms. The fourth-order valence-corrected chi connectivity index (χ4v) is 2.91. The van der Waals surface area contributed by atoms with Crippen LogP contribution in [0.25, 0.3) is 0 Å². The van der Waals surface area contributed by atoms with Crippen LogP contribution in [0.5, 0.6) is 0 Å². The maximum Gasteiger partial charge on any atom is 0.159 e. The monoisotopic (exact) mass is 314 g/mol. The van der Waals surface area contributed by atoms with Gasteiger partial charge in [-0.05, 0) is 29.4 Å². The van der Waals surface area contributed by atoms with Crippen molar-refractivity contribution in [3.05, 3.63) is 10.8 Å². The number of aromatic nitrogens is 2. The van der Waals surface area contributed by atoms with Gasteiger partial charge in [-0.1, -0.05) is 6.92 Å². The van der Waals surface area contributed by atoms with Crippen molar-refractivity contribution in [2.24, 2.45) is 5.84 Å². The van der Waals surface area contributed by atoms with Crippen molar-refractivity contribution in [2.45, 2.75) is 19.9 Å². The summed E-state index contributed by atoms with van der Waals surface area (Å²) in [6, 6.07) is 0.528. The number of likely N-dealkylation sites (N-methyl/N-ethyl adjacent to an activating group) is 1. The highest BCUT2D eigenvalue weighted by atomic mass is 79.9. The van der Waals surface area contributed by atoms with Gasteiger partial charge in [0.05, 0.1) is 0 Å². The molecule has 18 heavy (non-hydrogen) atoms. The lowest BCUT2D eigenvalue weighted by atomic mass is 10.2. The molecule has 1 aliphatic rings. The highest BCUT2D eigenvalue weighted by molar-refractivity contribution is 9.10. The van der Waals surface area contributed by atoms with E-state index < -0.39 is 0 Å². The topological polar surface area (TPSA) is 70.3 Å². The molecule has 6 nitrogen and oxygen atoms in total. The van der Waals surface area contributed by atoms with Crippen LogP contribution in [0.4, 0.5) is 11.6 Å². The number of rotatable bonds is 3. The zero-order chi connectivity index (χ0) is 13.1. The van der Waals surface area contributed by atoms with Crippen LogP contribution in [0.2, 0.25) is 0 Å². The number of nitrogen functional groups attached to an aromatic ring is 1. The van der Waals surface area contributed by atoms with Crippen LogP contribution in [0.15, 0.2) is 10.8 Å². The van der Waals surface area contributed by atoms with Gasteiger partial charge in [-0.25, -0.2) is 15.8 Å². The molecule has 1 saturated heterocycles. The van der Waals surface area contributed by atoms with Gasteiger partial charge < -0.3 is 10.3 Å². The van der Waals surface area contributed by atoms with Gasteiger partial charge in [-0.2, -0.15) is 0 Å². The first-order valence-electron chi connectivity index (χ1n) is 6.13. The lowest BCUT2D eigenvalue weighted by Gasteiger charge is -2.40. The predicted molar refractivity (Wildman–Crippen MR) is 76.5 cm³/mol. The zero-order valence-corrected chi connectivity index (χ0v) is 12.3. The van der Waals surface area contributed by atoms with Gasteiger partial charge in [0, 0.05) is 25.7 Å². The number of hydrazine groups is 1. The van der Waals surface area contributed by atoms with E-state index in [9.17, 15) is 0 Å². The Kier molecular flexibility index (Phi) is 4.36. The molecule has 0 amide bonds. The third-order valence-corrected chi connectivity index (χ3v) is 4.11. The fourth-order valence-electron chi connectivity index (χ4n) is 2.34. The molecule has 1 atom stereocenters. The third kappa shape index (κ3) is 2.57. The fraction of sp³-hybridized carbons (Fsp3) is 0.636. The molecule has 0 saturated carbocycles. The van der Waals surface area contributed by atoms with Gasteiger partial charge in [-0.15, -0.1) is 0 Å². The first kappa shape index (κ1) is 13.5. The molecule has 3 N–H and O–H groups in total. The summed E-state index contributed by atoms with van der Waals surface area (Å²) < 4.78 is 0.824. The van der Waals surface area contributed by atoms with Crippen LogP contribution in [-0.4, -0.2) is 47.1 Å². The van der Waals surface area contributed by atoms with Crippen LogP contribution < -0.4 is 16.2 Å². The SMILES string of the molecule is CCN1CCN(c2ncnc(NN)c2Br)CC1C. The van der Waals surface area contributed by atoms with Crippen molar-refractivity contribution in [3.8, 4) is 0 Å². The molecule has 1 aliphatic heterocycles. The van der Waals surface area contributed by atoms with Crippen LogP contribution in [0.1, 0.15) is 13.8 Å².